The van der Waals surface area contributed by atoms with E-state index >= 15 is 0 Å². The Morgan fingerprint density at radius 1 is 1.13 bits per heavy atom. The van der Waals surface area contributed by atoms with Gasteiger partial charge in [0.15, 0.2) is 0 Å². The van der Waals surface area contributed by atoms with Gasteiger partial charge in [0.25, 0.3) is 0 Å². The summed E-state index contributed by atoms with van der Waals surface area (Å²) in [5.74, 6) is 1.92. The predicted octanol–water partition coefficient (Wildman–Crippen LogP) is 3.50. The van der Waals surface area contributed by atoms with Crippen LogP contribution >= 0.6 is 0 Å². The Balaban J connectivity index is 1.09. The monoisotopic (exact) mass is 413 g/mol. The van der Waals surface area contributed by atoms with E-state index in [1.54, 1.807) is 0 Å². The minimum atomic E-state index is 0.0710. The molecule has 1 aromatic carbocycles. The van der Waals surface area contributed by atoms with Crippen molar-refractivity contribution in [3.63, 3.8) is 0 Å². The van der Waals surface area contributed by atoms with Crippen LogP contribution in [0.15, 0.2) is 18.2 Å². The number of ether oxygens (including phenoxy) is 1. The first-order valence-electron chi connectivity index (χ1n) is 11.7. The number of carbonyl (C=O) groups is 2. The van der Waals surface area contributed by atoms with E-state index in [4.69, 9.17) is 4.74 Å². The maximum Gasteiger partial charge on any atom is 0.224 e. The Labute approximate surface area is 179 Å². The number of benzene rings is 1. The zero-order valence-electron chi connectivity index (χ0n) is 18.0. The fraction of sp³-hybridized carbons (Fsp3) is 0.667. The van der Waals surface area contributed by atoms with Crippen molar-refractivity contribution < 1.29 is 14.3 Å². The fourth-order valence-corrected chi connectivity index (χ4v) is 4.99. The van der Waals surface area contributed by atoms with Crippen LogP contribution in [-0.4, -0.2) is 49.0 Å². The van der Waals surface area contributed by atoms with Crippen LogP contribution in [0.25, 0.3) is 0 Å². The predicted molar refractivity (Wildman–Crippen MR) is 118 cm³/mol. The number of nitrogens with zero attached hydrogens (tertiary/aromatic N) is 1. The highest BCUT2D eigenvalue weighted by molar-refractivity contribution is 5.94. The molecule has 6 nitrogen and oxygen atoms in total. The molecule has 2 fully saturated rings. The van der Waals surface area contributed by atoms with Gasteiger partial charge in [0.05, 0.1) is 6.61 Å². The molecular formula is C24H35N3O3. The summed E-state index contributed by atoms with van der Waals surface area (Å²) >= 11 is 0. The van der Waals surface area contributed by atoms with Gasteiger partial charge >= 0.3 is 0 Å². The molecule has 2 amide bonds. The molecule has 164 valence electrons. The second-order valence-electron chi connectivity index (χ2n) is 9.11. The van der Waals surface area contributed by atoms with Crippen LogP contribution in [0.2, 0.25) is 0 Å². The van der Waals surface area contributed by atoms with Crippen molar-refractivity contribution in [1.29, 1.82) is 0 Å². The van der Waals surface area contributed by atoms with Crippen LogP contribution in [0.3, 0.4) is 0 Å². The lowest BCUT2D eigenvalue weighted by molar-refractivity contribution is -0.122. The molecule has 1 saturated heterocycles. The van der Waals surface area contributed by atoms with E-state index in [9.17, 15) is 9.59 Å². The summed E-state index contributed by atoms with van der Waals surface area (Å²) in [7, 11) is 0. The minimum absolute atomic E-state index is 0.0710. The maximum atomic E-state index is 12.3. The second kappa shape index (κ2) is 10.3. The molecule has 0 atom stereocenters. The zero-order valence-corrected chi connectivity index (χ0v) is 18.0. The quantitative estimate of drug-likeness (QED) is 0.640. The van der Waals surface area contributed by atoms with Gasteiger partial charge in [0, 0.05) is 44.2 Å². The average molecular weight is 414 g/mol. The first-order chi connectivity index (χ1) is 14.7. The molecule has 4 rings (SSSR count). The summed E-state index contributed by atoms with van der Waals surface area (Å²) in [5.41, 5.74) is 2.00. The molecule has 0 bridgehead atoms. The molecule has 2 N–H and O–H groups in total. The van der Waals surface area contributed by atoms with Gasteiger partial charge in [-0.15, -0.1) is 0 Å². The maximum absolute atomic E-state index is 12.3. The molecule has 0 unspecified atom stereocenters. The van der Waals surface area contributed by atoms with Crippen LogP contribution < -0.4 is 15.4 Å². The van der Waals surface area contributed by atoms with Crippen molar-refractivity contribution in [1.82, 2.24) is 10.2 Å². The first-order valence-corrected chi connectivity index (χ1v) is 11.7. The molecule has 2 heterocycles. The number of piperidine rings is 1. The average Bonchev–Trinajstić information content (AvgIpc) is 3.26. The van der Waals surface area contributed by atoms with E-state index in [2.05, 4.69) is 15.5 Å². The third kappa shape index (κ3) is 5.97. The smallest absolute Gasteiger partial charge is 0.224 e. The molecule has 2 aliphatic heterocycles. The van der Waals surface area contributed by atoms with Gasteiger partial charge in [0.1, 0.15) is 5.75 Å². The van der Waals surface area contributed by atoms with Crippen molar-refractivity contribution in [3.8, 4) is 5.75 Å². The van der Waals surface area contributed by atoms with Crippen molar-refractivity contribution >= 4 is 17.5 Å². The molecule has 0 radical (unpaired) electrons. The van der Waals surface area contributed by atoms with Crippen LogP contribution in [0.4, 0.5) is 5.69 Å². The molecule has 0 aromatic heterocycles. The number of hydrogen-bond acceptors (Lipinski definition) is 4. The molecule has 6 heteroatoms. The number of amides is 2. The van der Waals surface area contributed by atoms with Crippen molar-refractivity contribution in [2.75, 3.05) is 31.6 Å². The van der Waals surface area contributed by atoms with Crippen LogP contribution in [0, 0.1) is 5.92 Å². The number of nitrogens with one attached hydrogen (secondary N) is 2. The van der Waals surface area contributed by atoms with E-state index < -0.39 is 0 Å². The van der Waals surface area contributed by atoms with Gasteiger partial charge in [-0.2, -0.15) is 0 Å². The number of hydrogen-bond donors (Lipinski definition) is 2. The third-order valence-electron chi connectivity index (χ3n) is 6.73. The lowest BCUT2D eigenvalue weighted by Gasteiger charge is -2.33. The highest BCUT2D eigenvalue weighted by Gasteiger charge is 2.24. The number of carbonyl (C=O) groups excluding carboxylic acids is 2. The Bertz CT molecular complexity index is 737. The van der Waals surface area contributed by atoms with Crippen molar-refractivity contribution in [2.45, 2.75) is 70.3 Å². The van der Waals surface area contributed by atoms with E-state index in [-0.39, 0.29) is 11.8 Å². The second-order valence-corrected chi connectivity index (χ2v) is 9.11. The summed E-state index contributed by atoms with van der Waals surface area (Å²) in [6.07, 6.45) is 10.2. The molecule has 3 aliphatic rings. The third-order valence-corrected chi connectivity index (χ3v) is 6.73. The topological polar surface area (TPSA) is 70.7 Å². The largest absolute Gasteiger partial charge is 0.494 e. The van der Waals surface area contributed by atoms with Gasteiger partial charge in [0.2, 0.25) is 11.8 Å². The molecular weight excluding hydrogens is 378 g/mol. The van der Waals surface area contributed by atoms with Gasteiger partial charge < -0.3 is 20.3 Å². The molecule has 1 aromatic rings. The summed E-state index contributed by atoms with van der Waals surface area (Å²) < 4.78 is 5.82. The first kappa shape index (κ1) is 21.2. The Kier molecular flexibility index (Phi) is 7.26. The van der Waals surface area contributed by atoms with Crippen LogP contribution in [0.1, 0.15) is 63.4 Å². The van der Waals surface area contributed by atoms with Crippen LogP contribution in [-0.2, 0) is 16.0 Å². The molecule has 1 saturated carbocycles. The number of fused-ring (bicyclic) bond motifs is 1. The van der Waals surface area contributed by atoms with Gasteiger partial charge in [-0.1, -0.05) is 12.8 Å². The number of rotatable bonds is 8. The molecule has 1 aliphatic carbocycles. The highest BCUT2D eigenvalue weighted by atomic mass is 16.5. The number of anilines is 1. The number of likely N-dealkylation sites (tertiary alicyclic amines) is 1. The Morgan fingerprint density at radius 3 is 2.73 bits per heavy atom. The number of aryl methyl sites for hydroxylation is 1. The summed E-state index contributed by atoms with van der Waals surface area (Å²) in [6, 6.07) is 6.10. The Hall–Kier alpha value is -2.08. The summed E-state index contributed by atoms with van der Waals surface area (Å²) in [4.78, 5) is 26.3. The fourth-order valence-electron chi connectivity index (χ4n) is 4.99. The minimum Gasteiger partial charge on any atom is -0.494 e. The van der Waals surface area contributed by atoms with Gasteiger partial charge in [-0.3, -0.25) is 9.59 Å². The van der Waals surface area contributed by atoms with Gasteiger partial charge in [-0.25, -0.2) is 0 Å². The van der Waals surface area contributed by atoms with E-state index in [0.29, 0.717) is 31.9 Å². The van der Waals surface area contributed by atoms with E-state index in [0.717, 1.165) is 55.3 Å². The lowest BCUT2D eigenvalue weighted by Crippen LogP contribution is -2.45. The van der Waals surface area contributed by atoms with Gasteiger partial charge in [-0.05, 0) is 68.2 Å². The van der Waals surface area contributed by atoms with Crippen LogP contribution in [0.5, 0.6) is 5.75 Å². The zero-order chi connectivity index (χ0) is 20.8. The SMILES string of the molecule is O=C1CCc2cc(OCCCC(=O)NC3CCN(CC4CCCC4)CC3)ccc2N1. The lowest BCUT2D eigenvalue weighted by atomic mass is 10.0. The summed E-state index contributed by atoms with van der Waals surface area (Å²) in [6.45, 7) is 4.01. The molecule has 30 heavy (non-hydrogen) atoms. The summed E-state index contributed by atoms with van der Waals surface area (Å²) in [5, 5.41) is 6.09. The highest BCUT2D eigenvalue weighted by Crippen LogP contribution is 2.27. The normalized spacial score (nSPS) is 20.6. The molecule has 0 spiro atoms. The Morgan fingerprint density at radius 2 is 1.93 bits per heavy atom. The van der Waals surface area contributed by atoms with Crippen molar-refractivity contribution in [2.24, 2.45) is 5.92 Å². The van der Waals surface area contributed by atoms with E-state index in [1.165, 1.54) is 32.2 Å². The van der Waals surface area contributed by atoms with Crippen molar-refractivity contribution in [3.05, 3.63) is 23.8 Å². The standard InChI is InChI=1S/C24H35N3O3/c28-23(25-20-11-13-27(14-12-20)17-18-4-1-2-5-18)6-3-15-30-21-8-9-22-19(16-21)7-10-24(29)26-22/h8-9,16,18,20H,1-7,10-15,17H2,(H,25,28)(H,26,29). The van der Waals surface area contributed by atoms with E-state index in [1.807, 2.05) is 18.2 Å².